The van der Waals surface area contributed by atoms with Gasteiger partial charge in [0, 0.05) is 0 Å². The maximum atomic E-state index is 12.1. The molecule has 0 bridgehead atoms. The predicted octanol–water partition coefficient (Wildman–Crippen LogP) is 4.16. The van der Waals surface area contributed by atoms with Gasteiger partial charge >= 0.3 is 5.97 Å². The lowest BCUT2D eigenvalue weighted by Crippen LogP contribution is -2.10. The predicted molar refractivity (Wildman–Crippen MR) is 81.3 cm³/mol. The summed E-state index contributed by atoms with van der Waals surface area (Å²) in [6.45, 7) is 4.21. The Morgan fingerprint density at radius 1 is 1.30 bits per heavy atom. The number of ether oxygens (including phenoxy) is 2. The van der Waals surface area contributed by atoms with E-state index in [1.807, 2.05) is 26.0 Å². The molecule has 3 heteroatoms. The van der Waals surface area contributed by atoms with E-state index in [9.17, 15) is 4.79 Å². The maximum Gasteiger partial charge on any atom is 0.342 e. The van der Waals surface area contributed by atoms with Gasteiger partial charge in [0.1, 0.15) is 11.3 Å². The first-order chi connectivity index (χ1) is 9.74. The molecule has 0 amide bonds. The molecule has 1 rings (SSSR count). The smallest absolute Gasteiger partial charge is 0.342 e. The number of rotatable bonds is 8. The van der Waals surface area contributed by atoms with Crippen molar-refractivity contribution in [3.05, 3.63) is 41.5 Å². The highest BCUT2D eigenvalue weighted by molar-refractivity contribution is 5.94. The van der Waals surface area contributed by atoms with E-state index >= 15 is 0 Å². The summed E-state index contributed by atoms with van der Waals surface area (Å²) < 4.78 is 10.4. The van der Waals surface area contributed by atoms with E-state index in [2.05, 4.69) is 12.2 Å². The number of benzene rings is 1. The second-order valence-electron chi connectivity index (χ2n) is 4.53. The highest BCUT2D eigenvalue weighted by Crippen LogP contribution is 2.24. The van der Waals surface area contributed by atoms with Gasteiger partial charge in [-0.25, -0.2) is 4.79 Å². The molecular weight excluding hydrogens is 252 g/mol. The molecule has 3 nitrogen and oxygen atoms in total. The average Bonchev–Trinajstić information content (AvgIpc) is 2.46. The summed E-state index contributed by atoms with van der Waals surface area (Å²) in [7, 11) is 1.58. The van der Waals surface area contributed by atoms with Crippen LogP contribution in [0.15, 0.2) is 30.4 Å². The molecule has 0 unspecified atom stereocenters. The van der Waals surface area contributed by atoms with Crippen LogP contribution in [0.5, 0.6) is 5.75 Å². The molecule has 0 saturated heterocycles. The second kappa shape index (κ2) is 9.18. The monoisotopic (exact) mass is 276 g/mol. The molecule has 0 aliphatic heterocycles. The molecule has 1 aromatic carbocycles. The van der Waals surface area contributed by atoms with Gasteiger partial charge in [-0.1, -0.05) is 24.3 Å². The lowest BCUT2D eigenvalue weighted by Gasteiger charge is -2.12. The molecule has 0 saturated carbocycles. The van der Waals surface area contributed by atoms with E-state index in [1.165, 1.54) is 0 Å². The summed E-state index contributed by atoms with van der Waals surface area (Å²) in [6, 6.07) is 5.70. The number of carbonyl (C=O) groups is 1. The Morgan fingerprint density at radius 2 is 2.10 bits per heavy atom. The zero-order valence-corrected chi connectivity index (χ0v) is 12.6. The van der Waals surface area contributed by atoms with Gasteiger partial charge in [-0.3, -0.25) is 0 Å². The first-order valence-corrected chi connectivity index (χ1v) is 7.18. The van der Waals surface area contributed by atoms with Crippen molar-refractivity contribution in [1.29, 1.82) is 0 Å². The van der Waals surface area contributed by atoms with Gasteiger partial charge < -0.3 is 9.47 Å². The molecule has 0 heterocycles. The summed E-state index contributed by atoms with van der Waals surface area (Å²) in [6.07, 6.45) is 8.33. The van der Waals surface area contributed by atoms with Crippen LogP contribution in [0.4, 0.5) is 0 Å². The Morgan fingerprint density at radius 3 is 2.75 bits per heavy atom. The molecule has 0 N–H and O–H groups in total. The minimum atomic E-state index is -0.298. The minimum Gasteiger partial charge on any atom is -0.496 e. The van der Waals surface area contributed by atoms with Gasteiger partial charge in [0.15, 0.2) is 0 Å². The van der Waals surface area contributed by atoms with Crippen molar-refractivity contribution >= 4 is 5.97 Å². The van der Waals surface area contributed by atoms with E-state index in [0.717, 1.165) is 31.2 Å². The molecule has 0 radical (unpaired) electrons. The van der Waals surface area contributed by atoms with Crippen LogP contribution in [0.3, 0.4) is 0 Å². The number of esters is 1. The van der Waals surface area contributed by atoms with Gasteiger partial charge in [0.05, 0.1) is 13.7 Å². The van der Waals surface area contributed by atoms with E-state index in [0.29, 0.717) is 17.9 Å². The van der Waals surface area contributed by atoms with Crippen molar-refractivity contribution in [2.24, 2.45) is 0 Å². The fraction of sp³-hybridized carbons (Fsp3) is 0.471. The van der Waals surface area contributed by atoms with Crippen molar-refractivity contribution in [1.82, 2.24) is 0 Å². The minimum absolute atomic E-state index is 0.298. The number of allylic oxidation sites excluding steroid dienone is 2. The fourth-order valence-electron chi connectivity index (χ4n) is 2.13. The summed E-state index contributed by atoms with van der Waals surface area (Å²) in [5.41, 5.74) is 1.58. The molecule has 0 spiro atoms. The van der Waals surface area contributed by atoms with E-state index in [4.69, 9.17) is 9.47 Å². The zero-order valence-electron chi connectivity index (χ0n) is 12.6. The van der Waals surface area contributed by atoms with Crippen LogP contribution < -0.4 is 4.74 Å². The first kappa shape index (κ1) is 16.3. The highest BCUT2D eigenvalue weighted by atomic mass is 16.5. The number of unbranched alkanes of at least 4 members (excludes halogenated alkanes) is 2. The Kier molecular flexibility index (Phi) is 7.48. The Hall–Kier alpha value is -1.77. The van der Waals surface area contributed by atoms with E-state index in [-0.39, 0.29) is 5.97 Å². The normalized spacial score (nSPS) is 10.8. The second-order valence-corrected chi connectivity index (χ2v) is 4.53. The third kappa shape index (κ3) is 4.72. The van der Waals surface area contributed by atoms with Crippen molar-refractivity contribution in [2.45, 2.75) is 39.5 Å². The van der Waals surface area contributed by atoms with Gasteiger partial charge in [-0.15, -0.1) is 0 Å². The van der Waals surface area contributed by atoms with Crippen LogP contribution >= 0.6 is 0 Å². The number of hydrogen-bond acceptors (Lipinski definition) is 3. The van der Waals surface area contributed by atoms with Crippen molar-refractivity contribution in [2.75, 3.05) is 13.7 Å². The van der Waals surface area contributed by atoms with Crippen LogP contribution in [0, 0.1) is 0 Å². The van der Waals surface area contributed by atoms with Crippen LogP contribution in [0.2, 0.25) is 0 Å². The van der Waals surface area contributed by atoms with Gasteiger partial charge in [0.2, 0.25) is 0 Å². The zero-order chi connectivity index (χ0) is 14.8. The molecule has 1 aromatic rings. The van der Waals surface area contributed by atoms with Crippen LogP contribution in [-0.2, 0) is 11.2 Å². The quantitative estimate of drug-likeness (QED) is 0.406. The molecule has 0 aliphatic carbocycles. The summed E-state index contributed by atoms with van der Waals surface area (Å²) >= 11 is 0. The first-order valence-electron chi connectivity index (χ1n) is 7.18. The van der Waals surface area contributed by atoms with E-state index < -0.39 is 0 Å². The lowest BCUT2D eigenvalue weighted by molar-refractivity contribution is 0.0521. The van der Waals surface area contributed by atoms with Crippen LogP contribution in [0.25, 0.3) is 0 Å². The molecule has 0 aromatic heterocycles. The Balaban J connectivity index is 2.80. The SMILES string of the molecule is C/C=C/CCCCc1cccc(OC)c1C(=O)OCC. The Labute approximate surface area is 121 Å². The van der Waals surface area contributed by atoms with Crippen molar-refractivity contribution < 1.29 is 14.3 Å². The molecule has 0 atom stereocenters. The number of carbonyl (C=O) groups excluding carboxylic acids is 1. The number of methoxy groups -OCH3 is 1. The van der Waals surface area contributed by atoms with Gasteiger partial charge in [-0.2, -0.15) is 0 Å². The molecule has 20 heavy (non-hydrogen) atoms. The molecule has 0 aliphatic rings. The summed E-state index contributed by atoms with van der Waals surface area (Å²) in [5.74, 6) is 0.294. The Bertz CT molecular complexity index is 450. The van der Waals surface area contributed by atoms with Gasteiger partial charge in [0.25, 0.3) is 0 Å². The fourth-order valence-corrected chi connectivity index (χ4v) is 2.13. The largest absolute Gasteiger partial charge is 0.496 e. The molecule has 0 fully saturated rings. The number of hydrogen-bond donors (Lipinski definition) is 0. The van der Waals surface area contributed by atoms with Crippen LogP contribution in [0.1, 0.15) is 49.0 Å². The van der Waals surface area contributed by atoms with E-state index in [1.54, 1.807) is 13.2 Å². The third-order valence-electron chi connectivity index (χ3n) is 3.11. The summed E-state index contributed by atoms with van der Waals surface area (Å²) in [4.78, 5) is 12.1. The van der Waals surface area contributed by atoms with Crippen LogP contribution in [-0.4, -0.2) is 19.7 Å². The van der Waals surface area contributed by atoms with Crippen molar-refractivity contribution in [3.8, 4) is 5.75 Å². The highest BCUT2D eigenvalue weighted by Gasteiger charge is 2.17. The average molecular weight is 276 g/mol. The third-order valence-corrected chi connectivity index (χ3v) is 3.11. The molecular formula is C17H24O3. The van der Waals surface area contributed by atoms with Gasteiger partial charge in [-0.05, 0) is 51.2 Å². The number of aryl methyl sites for hydroxylation is 1. The topological polar surface area (TPSA) is 35.5 Å². The standard InChI is InChI=1S/C17H24O3/c1-4-6-7-8-9-11-14-12-10-13-15(19-3)16(14)17(18)20-5-2/h4,6,10,12-13H,5,7-9,11H2,1-3H3/b6-4+. The summed E-state index contributed by atoms with van der Waals surface area (Å²) in [5, 5.41) is 0. The molecule has 110 valence electrons. The maximum absolute atomic E-state index is 12.1. The lowest BCUT2D eigenvalue weighted by atomic mass is 10.00. The van der Waals surface area contributed by atoms with Crippen molar-refractivity contribution in [3.63, 3.8) is 0 Å².